The highest BCUT2D eigenvalue weighted by Gasteiger charge is 2.40. The molecule has 1 aromatic heterocycles. The van der Waals surface area contributed by atoms with Gasteiger partial charge in [0.15, 0.2) is 0 Å². The van der Waals surface area contributed by atoms with E-state index in [4.69, 9.17) is 0 Å². The third kappa shape index (κ3) is 3.18. The lowest BCUT2D eigenvalue weighted by molar-refractivity contribution is -0.141. The van der Waals surface area contributed by atoms with Crippen LogP contribution in [0.2, 0.25) is 0 Å². The fourth-order valence-electron chi connectivity index (χ4n) is 3.29. The third-order valence-corrected chi connectivity index (χ3v) is 5.32. The Bertz CT molecular complexity index is 410. The summed E-state index contributed by atoms with van der Waals surface area (Å²) in [6.07, 6.45) is 5.80. The molecule has 1 aliphatic carbocycles. The Balaban J connectivity index is 2.19. The maximum Gasteiger partial charge on any atom is 0.305 e. The van der Waals surface area contributed by atoms with E-state index in [9.17, 15) is 9.90 Å². The van der Waals surface area contributed by atoms with Crippen LogP contribution in [0.4, 0.5) is 0 Å². The fourth-order valence-corrected chi connectivity index (χ4v) is 4.04. The van der Waals surface area contributed by atoms with Gasteiger partial charge in [-0.3, -0.25) is 9.69 Å². The molecule has 2 rings (SSSR count). The molecule has 4 heteroatoms. The predicted molar refractivity (Wildman–Crippen MR) is 78.6 cm³/mol. The number of carboxylic acids is 1. The van der Waals surface area contributed by atoms with Crippen LogP contribution in [0.3, 0.4) is 0 Å². The van der Waals surface area contributed by atoms with Crippen LogP contribution in [-0.4, -0.2) is 28.6 Å². The molecule has 0 bridgehead atoms. The van der Waals surface area contributed by atoms with Crippen LogP contribution in [0.25, 0.3) is 0 Å². The second kappa shape index (κ2) is 6.06. The predicted octanol–water partition coefficient (Wildman–Crippen LogP) is 3.92. The van der Waals surface area contributed by atoms with E-state index in [1.165, 1.54) is 12.0 Å². The van der Waals surface area contributed by atoms with Crippen molar-refractivity contribution in [2.24, 2.45) is 0 Å². The van der Waals surface area contributed by atoms with Crippen LogP contribution < -0.4 is 0 Å². The topological polar surface area (TPSA) is 40.5 Å². The van der Waals surface area contributed by atoms with Crippen LogP contribution in [0.1, 0.15) is 57.1 Å². The van der Waals surface area contributed by atoms with Crippen molar-refractivity contribution in [2.45, 2.75) is 57.0 Å². The van der Waals surface area contributed by atoms with Gasteiger partial charge < -0.3 is 5.11 Å². The van der Waals surface area contributed by atoms with Gasteiger partial charge >= 0.3 is 5.97 Å². The van der Waals surface area contributed by atoms with E-state index < -0.39 is 5.97 Å². The molecule has 1 fully saturated rings. The van der Waals surface area contributed by atoms with Gasteiger partial charge in [-0.2, -0.15) is 11.3 Å². The molecular weight excluding hydrogens is 258 g/mol. The Morgan fingerprint density at radius 2 is 2.16 bits per heavy atom. The minimum Gasteiger partial charge on any atom is -0.481 e. The van der Waals surface area contributed by atoms with Gasteiger partial charge in [-0.25, -0.2) is 0 Å². The van der Waals surface area contributed by atoms with Crippen LogP contribution in [0.5, 0.6) is 0 Å². The number of carbonyl (C=O) groups is 1. The van der Waals surface area contributed by atoms with Gasteiger partial charge in [0.25, 0.3) is 0 Å². The van der Waals surface area contributed by atoms with E-state index in [0.29, 0.717) is 0 Å². The molecule has 1 heterocycles. The molecule has 0 aromatic carbocycles. The van der Waals surface area contributed by atoms with E-state index >= 15 is 0 Å². The van der Waals surface area contributed by atoms with Gasteiger partial charge in [0.05, 0.1) is 6.42 Å². The third-order valence-electron chi connectivity index (χ3n) is 4.62. The van der Waals surface area contributed by atoms with Gasteiger partial charge in [-0.05, 0) is 49.2 Å². The van der Waals surface area contributed by atoms with Crippen LogP contribution in [-0.2, 0) is 4.79 Å². The van der Waals surface area contributed by atoms with Crippen LogP contribution in [0.15, 0.2) is 16.8 Å². The summed E-state index contributed by atoms with van der Waals surface area (Å²) in [5.41, 5.74) is 1.13. The molecule has 1 aliphatic rings. The summed E-state index contributed by atoms with van der Waals surface area (Å²) >= 11 is 1.70. The minimum absolute atomic E-state index is 0.161. The van der Waals surface area contributed by atoms with E-state index in [1.807, 2.05) is 0 Å². The van der Waals surface area contributed by atoms with E-state index in [1.54, 1.807) is 11.3 Å². The van der Waals surface area contributed by atoms with Crippen molar-refractivity contribution in [2.75, 3.05) is 7.05 Å². The van der Waals surface area contributed by atoms with E-state index in [0.717, 1.165) is 25.7 Å². The average molecular weight is 281 g/mol. The number of thiophene rings is 1. The molecular formula is C15H23NO2S. The Labute approximate surface area is 119 Å². The summed E-state index contributed by atoms with van der Waals surface area (Å²) in [5.74, 6) is -0.675. The van der Waals surface area contributed by atoms with Crippen molar-refractivity contribution in [3.8, 4) is 0 Å². The summed E-state index contributed by atoms with van der Waals surface area (Å²) in [5, 5.41) is 13.5. The molecule has 0 aliphatic heterocycles. The Morgan fingerprint density at radius 1 is 1.47 bits per heavy atom. The normalized spacial score (nSPS) is 20.4. The fraction of sp³-hybridized carbons (Fsp3) is 0.667. The van der Waals surface area contributed by atoms with Crippen molar-refractivity contribution >= 4 is 17.3 Å². The monoisotopic (exact) mass is 281 g/mol. The van der Waals surface area contributed by atoms with Gasteiger partial charge in [-0.1, -0.05) is 19.3 Å². The lowest BCUT2D eigenvalue weighted by Crippen LogP contribution is -2.50. The lowest BCUT2D eigenvalue weighted by atomic mass is 9.77. The number of carboxylic acid groups (broad SMARTS) is 1. The number of nitrogens with zero attached hydrogens (tertiary/aromatic N) is 1. The van der Waals surface area contributed by atoms with Crippen molar-refractivity contribution in [3.63, 3.8) is 0 Å². The highest BCUT2D eigenvalue weighted by Crippen LogP contribution is 2.40. The highest BCUT2D eigenvalue weighted by atomic mass is 32.1. The maximum absolute atomic E-state index is 11.3. The molecule has 106 valence electrons. The summed E-state index contributed by atoms with van der Waals surface area (Å²) in [6.45, 7) is 2.18. The summed E-state index contributed by atoms with van der Waals surface area (Å²) in [6, 6.07) is 2.42. The second-order valence-electron chi connectivity index (χ2n) is 5.70. The van der Waals surface area contributed by atoms with E-state index in [-0.39, 0.29) is 18.0 Å². The second-order valence-corrected chi connectivity index (χ2v) is 6.48. The van der Waals surface area contributed by atoms with Crippen molar-refractivity contribution in [1.29, 1.82) is 0 Å². The zero-order valence-corrected chi connectivity index (χ0v) is 12.6. The molecule has 0 spiro atoms. The van der Waals surface area contributed by atoms with Gasteiger partial charge in [0.2, 0.25) is 0 Å². The standard InChI is InChI=1S/C15H23NO2S/c1-12(13-6-9-19-11-13)16(2)15(10-14(17)18)7-4-3-5-8-15/h6,9,11-12H,3-5,7-8,10H2,1-2H3,(H,17,18). The molecule has 0 saturated heterocycles. The zero-order valence-electron chi connectivity index (χ0n) is 11.8. The maximum atomic E-state index is 11.3. The van der Waals surface area contributed by atoms with Crippen molar-refractivity contribution in [3.05, 3.63) is 22.4 Å². The van der Waals surface area contributed by atoms with Gasteiger partial charge in [0.1, 0.15) is 0 Å². The van der Waals surface area contributed by atoms with E-state index in [2.05, 4.69) is 35.7 Å². The number of aliphatic carboxylic acids is 1. The van der Waals surface area contributed by atoms with Crippen molar-refractivity contribution in [1.82, 2.24) is 4.90 Å². The molecule has 1 N–H and O–H groups in total. The SMILES string of the molecule is CC(c1ccsc1)N(C)C1(CC(=O)O)CCCCC1. The first-order chi connectivity index (χ1) is 9.05. The Kier molecular flexibility index (Phi) is 4.63. The van der Waals surface area contributed by atoms with Gasteiger partial charge in [0, 0.05) is 11.6 Å². The molecule has 0 amide bonds. The molecule has 0 radical (unpaired) electrons. The molecule has 19 heavy (non-hydrogen) atoms. The molecule has 1 atom stereocenters. The first kappa shape index (κ1) is 14.5. The largest absolute Gasteiger partial charge is 0.481 e. The summed E-state index contributed by atoms with van der Waals surface area (Å²) < 4.78 is 0. The summed E-state index contributed by atoms with van der Waals surface area (Å²) in [4.78, 5) is 13.6. The van der Waals surface area contributed by atoms with Crippen LogP contribution >= 0.6 is 11.3 Å². The van der Waals surface area contributed by atoms with Crippen LogP contribution in [0, 0.1) is 0 Å². The van der Waals surface area contributed by atoms with Gasteiger partial charge in [-0.15, -0.1) is 0 Å². The minimum atomic E-state index is -0.675. The molecule has 1 aromatic rings. The number of hydrogen-bond donors (Lipinski definition) is 1. The molecule has 1 unspecified atom stereocenters. The number of rotatable bonds is 5. The quantitative estimate of drug-likeness (QED) is 0.889. The zero-order chi connectivity index (χ0) is 13.9. The number of hydrogen-bond acceptors (Lipinski definition) is 3. The Morgan fingerprint density at radius 3 is 2.68 bits per heavy atom. The molecule has 3 nitrogen and oxygen atoms in total. The molecule has 1 saturated carbocycles. The summed E-state index contributed by atoms with van der Waals surface area (Å²) in [7, 11) is 2.09. The lowest BCUT2D eigenvalue weighted by Gasteiger charge is -2.46. The smallest absolute Gasteiger partial charge is 0.305 e. The highest BCUT2D eigenvalue weighted by molar-refractivity contribution is 7.07. The van der Waals surface area contributed by atoms with Crippen molar-refractivity contribution < 1.29 is 9.90 Å². The average Bonchev–Trinajstić information content (AvgIpc) is 2.91. The Hall–Kier alpha value is -0.870. The first-order valence-corrected chi connectivity index (χ1v) is 7.96. The first-order valence-electron chi connectivity index (χ1n) is 7.02.